The van der Waals surface area contributed by atoms with Gasteiger partial charge in [0.15, 0.2) is 5.11 Å². The van der Waals surface area contributed by atoms with Gasteiger partial charge < -0.3 is 30.5 Å². The number of halogens is 1. The van der Waals surface area contributed by atoms with Crippen molar-refractivity contribution in [1.82, 2.24) is 10.9 Å². The summed E-state index contributed by atoms with van der Waals surface area (Å²) in [5.74, 6) is 0. The molecule has 8 nitrogen and oxygen atoms in total. The van der Waals surface area contributed by atoms with Crippen molar-refractivity contribution in [1.29, 1.82) is 0 Å². The van der Waals surface area contributed by atoms with Crippen LogP contribution >= 0.6 is 21.9 Å². The first-order valence-electron chi connectivity index (χ1n) is 6.95. The van der Waals surface area contributed by atoms with E-state index in [0.717, 1.165) is 23.0 Å². The van der Waals surface area contributed by atoms with Crippen LogP contribution in [0.15, 0.2) is 30.3 Å². The number of rotatable bonds is 4. The van der Waals surface area contributed by atoms with Crippen molar-refractivity contribution in [2.24, 2.45) is 0 Å². The Morgan fingerprint density at radius 3 is 2.46 bits per heavy atom. The van der Waals surface area contributed by atoms with E-state index in [-0.39, 0.29) is 5.11 Å². The van der Waals surface area contributed by atoms with Crippen LogP contribution in [0, 0.1) is 0 Å². The van der Waals surface area contributed by atoms with Crippen LogP contribution in [-0.4, -0.2) is 57.7 Å². The fraction of sp³-hybridized carbons (Fsp3) is 0.462. The standard InChI is InChI=1S/C13H18N3O5S.ClH.Zn/c17-6-8-9(18)10(19)11(20)12(21-8)15-16-13(22)14-7-4-2-1-3-5-7;;/h1-5,8-12,15,17-19H,6H2,(H2,14,16,22);1H;/q-1;;+2/p-1/t8-,9-,10+,11-,12?;;/m1../s1. The molecule has 1 heterocycles. The zero-order valence-electron chi connectivity index (χ0n) is 12.6. The van der Waals surface area contributed by atoms with Gasteiger partial charge in [0.25, 0.3) is 0 Å². The van der Waals surface area contributed by atoms with E-state index in [4.69, 9.17) is 31.8 Å². The van der Waals surface area contributed by atoms with Gasteiger partial charge in [0, 0.05) is 5.69 Å². The van der Waals surface area contributed by atoms with E-state index in [9.17, 15) is 15.3 Å². The molecular weight excluding hydrogens is 411 g/mol. The number of aliphatic hydroxyl groups excluding tert-OH is 3. The van der Waals surface area contributed by atoms with Gasteiger partial charge in [-0.15, -0.1) is 0 Å². The van der Waals surface area contributed by atoms with Gasteiger partial charge in [0.05, 0.1) is 12.7 Å². The van der Waals surface area contributed by atoms with Gasteiger partial charge >= 0.3 is 27.0 Å². The quantitative estimate of drug-likeness (QED) is 0.189. The molecule has 6 N–H and O–H groups in total. The predicted octanol–water partition coefficient (Wildman–Crippen LogP) is -1.67. The Morgan fingerprint density at radius 1 is 1.25 bits per heavy atom. The number of para-hydroxylation sites is 1. The molecule has 2 rings (SSSR count). The SMILES string of the molecule is [Cl][Zn+].[O-][C@H]1C(NNC(=S)Nc2ccccc2)O[C@H](CO)[C@@H](O)[C@@H]1O. The predicted molar refractivity (Wildman–Crippen MR) is 86.3 cm³/mol. The Morgan fingerprint density at radius 2 is 1.88 bits per heavy atom. The zero-order valence-corrected chi connectivity index (χ0v) is 17.2. The minimum Gasteiger partial charge on any atom is -0.847 e. The number of hydrogen-bond donors (Lipinski definition) is 6. The monoisotopic (exact) mass is 427 g/mol. The van der Waals surface area contributed by atoms with E-state index < -0.39 is 37.3 Å². The Labute approximate surface area is 158 Å². The number of aliphatic hydroxyl groups is 3. The number of benzene rings is 1. The zero-order chi connectivity index (χ0) is 18.1. The summed E-state index contributed by atoms with van der Waals surface area (Å²) in [5.41, 5.74) is 5.88. The summed E-state index contributed by atoms with van der Waals surface area (Å²) in [6.45, 7) is -0.518. The van der Waals surface area contributed by atoms with E-state index in [2.05, 4.69) is 16.2 Å². The second kappa shape index (κ2) is 11.2. The van der Waals surface area contributed by atoms with Crippen molar-refractivity contribution in [3.63, 3.8) is 0 Å². The summed E-state index contributed by atoms with van der Waals surface area (Å²) in [4.78, 5) is 0. The maximum absolute atomic E-state index is 11.9. The summed E-state index contributed by atoms with van der Waals surface area (Å²) in [6.07, 6.45) is -6.83. The Balaban J connectivity index is 0.00000139. The second-order valence-electron chi connectivity index (χ2n) is 4.81. The van der Waals surface area contributed by atoms with Crippen molar-refractivity contribution < 1.29 is 42.5 Å². The molecule has 0 saturated carbocycles. The first kappa shape index (κ1) is 21.6. The van der Waals surface area contributed by atoms with Gasteiger partial charge in [0.1, 0.15) is 18.4 Å². The van der Waals surface area contributed by atoms with Crippen LogP contribution in [0.3, 0.4) is 0 Å². The molecule has 1 aromatic carbocycles. The molecule has 5 atom stereocenters. The van der Waals surface area contributed by atoms with Crippen molar-refractivity contribution in [2.75, 3.05) is 11.9 Å². The summed E-state index contributed by atoms with van der Waals surface area (Å²) in [5, 5.41) is 43.2. The molecule has 0 spiro atoms. The molecule has 24 heavy (non-hydrogen) atoms. The van der Waals surface area contributed by atoms with E-state index in [1.807, 2.05) is 30.3 Å². The normalized spacial score (nSPS) is 29.2. The molecule has 0 amide bonds. The number of ether oxygens (including phenoxy) is 1. The summed E-state index contributed by atoms with van der Waals surface area (Å²) in [7, 11) is 4.76. The van der Waals surface area contributed by atoms with Crippen LogP contribution < -0.4 is 21.3 Å². The summed E-state index contributed by atoms with van der Waals surface area (Å²) >= 11 is 5.90. The molecule has 1 unspecified atom stereocenters. The number of hydrazine groups is 1. The van der Waals surface area contributed by atoms with E-state index in [0.29, 0.717) is 0 Å². The first-order chi connectivity index (χ1) is 11.5. The topological polar surface area (TPSA) is 129 Å². The largest absolute Gasteiger partial charge is 0.847 e. The van der Waals surface area contributed by atoms with Gasteiger partial charge in [-0.3, -0.25) is 5.43 Å². The number of hydrogen-bond acceptors (Lipinski definition) is 7. The van der Waals surface area contributed by atoms with Crippen LogP contribution in [0.25, 0.3) is 0 Å². The Kier molecular flexibility index (Phi) is 10.1. The van der Waals surface area contributed by atoms with Crippen LogP contribution in [-0.2, 0) is 22.0 Å². The molecule has 0 aliphatic carbocycles. The van der Waals surface area contributed by atoms with Gasteiger partial charge in [-0.2, -0.15) is 0 Å². The molecular formula is C13H18ClN3O5SZn. The third-order valence-electron chi connectivity index (χ3n) is 3.23. The molecule has 130 valence electrons. The molecule has 1 aromatic rings. The third-order valence-corrected chi connectivity index (χ3v) is 3.43. The summed E-state index contributed by atoms with van der Waals surface area (Å²) < 4.78 is 5.20. The fourth-order valence-electron chi connectivity index (χ4n) is 2.03. The van der Waals surface area contributed by atoms with Gasteiger partial charge in [-0.25, -0.2) is 5.43 Å². The van der Waals surface area contributed by atoms with Crippen molar-refractivity contribution >= 4 is 32.7 Å². The molecule has 1 aliphatic heterocycles. The molecule has 0 bridgehead atoms. The van der Waals surface area contributed by atoms with Crippen LogP contribution in [0.5, 0.6) is 0 Å². The average Bonchev–Trinajstić information content (AvgIpc) is 2.62. The minimum atomic E-state index is -1.63. The van der Waals surface area contributed by atoms with Crippen LogP contribution in [0.1, 0.15) is 0 Å². The molecule has 1 aliphatic rings. The smallest absolute Gasteiger partial charge is 0.185 e. The number of anilines is 1. The second-order valence-corrected chi connectivity index (χ2v) is 5.22. The average molecular weight is 429 g/mol. The Bertz CT molecular complexity index is 502. The molecule has 0 aromatic heterocycles. The van der Waals surface area contributed by atoms with Crippen molar-refractivity contribution in [3.8, 4) is 0 Å². The maximum Gasteiger partial charge on any atom is 0.185 e. The third kappa shape index (κ3) is 6.14. The van der Waals surface area contributed by atoms with Gasteiger partial charge in [-0.1, -0.05) is 24.3 Å². The van der Waals surface area contributed by atoms with Crippen LogP contribution in [0.4, 0.5) is 5.69 Å². The maximum atomic E-state index is 11.9. The van der Waals surface area contributed by atoms with Crippen molar-refractivity contribution in [2.45, 2.75) is 30.6 Å². The molecule has 11 heteroatoms. The van der Waals surface area contributed by atoms with Crippen molar-refractivity contribution in [3.05, 3.63) is 30.3 Å². The number of thiocarbonyl (C=S) groups is 1. The van der Waals surface area contributed by atoms with Gasteiger partial charge in [0.2, 0.25) is 0 Å². The molecule has 1 fully saturated rings. The fourth-order valence-corrected chi connectivity index (χ4v) is 2.20. The molecule has 0 radical (unpaired) electrons. The van der Waals surface area contributed by atoms with E-state index in [1.54, 1.807) is 0 Å². The van der Waals surface area contributed by atoms with E-state index >= 15 is 0 Å². The number of nitrogens with one attached hydrogen (secondary N) is 3. The Hall–Kier alpha value is -0.417. The van der Waals surface area contributed by atoms with Gasteiger partial charge in [-0.05, 0) is 24.4 Å². The minimum absolute atomic E-state index is 0.197. The summed E-state index contributed by atoms with van der Waals surface area (Å²) in [6, 6.07) is 9.14. The molecule has 1 saturated heterocycles. The first-order valence-corrected chi connectivity index (χ1v) is 11.3. The van der Waals surface area contributed by atoms with E-state index in [1.165, 1.54) is 0 Å². The van der Waals surface area contributed by atoms with Crippen LogP contribution in [0.2, 0.25) is 0 Å².